The van der Waals surface area contributed by atoms with Crippen molar-refractivity contribution in [2.24, 2.45) is 0 Å². The van der Waals surface area contributed by atoms with E-state index in [2.05, 4.69) is 6.07 Å². The number of pyridine rings is 1. The Balaban J connectivity index is 1.94. The third kappa shape index (κ3) is 2.28. The second-order valence-corrected chi connectivity index (χ2v) is 5.99. The fourth-order valence-electron chi connectivity index (χ4n) is 3.05. The molecule has 4 rings (SSSR count). The van der Waals surface area contributed by atoms with Gasteiger partial charge >= 0.3 is 0 Å². The molecule has 1 unspecified atom stereocenters. The largest absolute Gasteiger partial charge is 0.486 e. The Bertz CT molecular complexity index is 969. The molecule has 0 N–H and O–H groups in total. The van der Waals surface area contributed by atoms with Crippen LogP contribution in [0.15, 0.2) is 36.5 Å². The van der Waals surface area contributed by atoms with E-state index in [1.165, 1.54) is 0 Å². The van der Waals surface area contributed by atoms with Gasteiger partial charge in [0.2, 0.25) is 0 Å². The molecule has 0 amide bonds. The number of fused-ring (bicyclic) bond motifs is 2. The Hall–Kier alpha value is -3.00. The molecule has 1 aliphatic rings. The topological polar surface area (TPSA) is 59.5 Å². The normalized spacial score (nSPS) is 14.4. The van der Waals surface area contributed by atoms with E-state index < -0.39 is 0 Å². The molecule has 5 heteroatoms. The smallest absolute Gasteiger partial charge is 0.162 e. The third-order valence-corrected chi connectivity index (χ3v) is 4.22. The minimum atomic E-state index is -0.273. The van der Waals surface area contributed by atoms with Crippen molar-refractivity contribution < 1.29 is 9.47 Å². The lowest BCUT2D eigenvalue weighted by atomic mass is 10.0. The van der Waals surface area contributed by atoms with Gasteiger partial charge < -0.3 is 13.9 Å². The van der Waals surface area contributed by atoms with Gasteiger partial charge in [-0.2, -0.15) is 5.26 Å². The zero-order chi connectivity index (χ0) is 16.7. The Kier molecular flexibility index (Phi) is 3.39. The first-order chi connectivity index (χ1) is 11.7. The SMILES string of the molecule is Cc1ccc2nc(-c3ccc4c(c3)OCCO4)c(C(C)C#N)n2c1. The highest BCUT2D eigenvalue weighted by molar-refractivity contribution is 5.70. The summed E-state index contributed by atoms with van der Waals surface area (Å²) in [6.07, 6.45) is 2.02. The van der Waals surface area contributed by atoms with E-state index in [-0.39, 0.29) is 5.92 Å². The number of ether oxygens (including phenoxy) is 2. The first-order valence-corrected chi connectivity index (χ1v) is 7.95. The summed E-state index contributed by atoms with van der Waals surface area (Å²) < 4.78 is 13.3. The summed E-state index contributed by atoms with van der Waals surface area (Å²) in [6.45, 7) is 5.04. The second-order valence-electron chi connectivity index (χ2n) is 5.99. The summed E-state index contributed by atoms with van der Waals surface area (Å²) in [7, 11) is 0. The molecule has 2 aromatic heterocycles. The van der Waals surface area contributed by atoms with Crippen molar-refractivity contribution in [2.75, 3.05) is 13.2 Å². The molecule has 1 aromatic carbocycles. The average Bonchev–Trinajstić information content (AvgIpc) is 2.99. The Labute approximate surface area is 140 Å². The number of aryl methyl sites for hydroxylation is 1. The van der Waals surface area contributed by atoms with Crippen LogP contribution < -0.4 is 9.47 Å². The van der Waals surface area contributed by atoms with Gasteiger partial charge in [0, 0.05) is 11.8 Å². The Morgan fingerprint density at radius 1 is 1.17 bits per heavy atom. The van der Waals surface area contributed by atoms with Gasteiger partial charge in [0.1, 0.15) is 18.9 Å². The van der Waals surface area contributed by atoms with Gasteiger partial charge in [0.25, 0.3) is 0 Å². The summed E-state index contributed by atoms with van der Waals surface area (Å²) in [5.41, 5.74) is 4.60. The number of nitrogens with zero attached hydrogens (tertiary/aromatic N) is 3. The van der Waals surface area contributed by atoms with Gasteiger partial charge in [-0.25, -0.2) is 4.98 Å². The monoisotopic (exact) mass is 319 g/mol. The Morgan fingerprint density at radius 2 is 1.96 bits per heavy atom. The summed E-state index contributed by atoms with van der Waals surface area (Å²) >= 11 is 0. The average molecular weight is 319 g/mol. The predicted molar refractivity (Wildman–Crippen MR) is 90.4 cm³/mol. The zero-order valence-electron chi connectivity index (χ0n) is 13.6. The van der Waals surface area contributed by atoms with Crippen molar-refractivity contribution in [3.8, 4) is 28.8 Å². The van der Waals surface area contributed by atoms with Crippen LogP contribution in [0.1, 0.15) is 24.1 Å². The molecule has 120 valence electrons. The van der Waals surface area contributed by atoms with Crippen LogP contribution >= 0.6 is 0 Å². The molecule has 24 heavy (non-hydrogen) atoms. The molecule has 1 aliphatic heterocycles. The van der Waals surface area contributed by atoms with Crippen LogP contribution in [0.4, 0.5) is 0 Å². The minimum absolute atomic E-state index is 0.273. The summed E-state index contributed by atoms with van der Waals surface area (Å²) in [4.78, 5) is 4.76. The van der Waals surface area contributed by atoms with E-state index >= 15 is 0 Å². The van der Waals surface area contributed by atoms with Crippen molar-refractivity contribution in [2.45, 2.75) is 19.8 Å². The van der Waals surface area contributed by atoms with E-state index in [1.807, 2.05) is 54.8 Å². The standard InChI is InChI=1S/C19H17N3O2/c1-12-3-6-17-21-18(19(13(2)10-20)22(17)11-12)14-4-5-15-16(9-14)24-8-7-23-15/h3-6,9,11,13H,7-8H2,1-2H3. The lowest BCUT2D eigenvalue weighted by Crippen LogP contribution is -2.15. The fourth-order valence-corrected chi connectivity index (χ4v) is 3.05. The summed E-state index contributed by atoms with van der Waals surface area (Å²) in [6, 6.07) is 12.1. The van der Waals surface area contributed by atoms with Crippen LogP contribution in [0.3, 0.4) is 0 Å². The number of rotatable bonds is 2. The highest BCUT2D eigenvalue weighted by atomic mass is 16.6. The summed E-state index contributed by atoms with van der Waals surface area (Å²) in [5, 5.41) is 9.46. The quantitative estimate of drug-likeness (QED) is 0.722. The number of imidazole rings is 1. The fraction of sp³-hybridized carbons (Fsp3) is 0.263. The van der Waals surface area contributed by atoms with Gasteiger partial charge in [0.05, 0.1) is 23.4 Å². The molecule has 1 atom stereocenters. The van der Waals surface area contributed by atoms with Gasteiger partial charge in [-0.15, -0.1) is 0 Å². The van der Waals surface area contributed by atoms with Crippen molar-refractivity contribution in [3.05, 3.63) is 47.8 Å². The molecule has 0 bridgehead atoms. The molecule has 0 aliphatic carbocycles. The Morgan fingerprint density at radius 3 is 2.75 bits per heavy atom. The maximum Gasteiger partial charge on any atom is 0.162 e. The molecule has 0 saturated carbocycles. The zero-order valence-corrected chi connectivity index (χ0v) is 13.6. The van der Waals surface area contributed by atoms with E-state index in [9.17, 15) is 5.26 Å². The summed E-state index contributed by atoms with van der Waals surface area (Å²) in [5.74, 6) is 1.20. The predicted octanol–water partition coefficient (Wildman–Crippen LogP) is 3.71. The van der Waals surface area contributed by atoms with Gasteiger partial charge in [0.15, 0.2) is 11.5 Å². The van der Waals surface area contributed by atoms with Gasteiger partial charge in [-0.05, 0) is 43.7 Å². The van der Waals surface area contributed by atoms with Crippen molar-refractivity contribution in [1.82, 2.24) is 9.38 Å². The molecule has 3 aromatic rings. The molecule has 0 radical (unpaired) electrons. The van der Waals surface area contributed by atoms with Crippen LogP contribution in [0, 0.1) is 18.3 Å². The maximum absolute atomic E-state index is 9.46. The molecular weight excluding hydrogens is 302 g/mol. The first kappa shape index (κ1) is 14.6. The highest BCUT2D eigenvalue weighted by Gasteiger charge is 2.21. The van der Waals surface area contributed by atoms with Crippen LogP contribution in [0.2, 0.25) is 0 Å². The number of aromatic nitrogens is 2. The minimum Gasteiger partial charge on any atom is -0.486 e. The molecule has 0 spiro atoms. The first-order valence-electron chi connectivity index (χ1n) is 7.95. The molecule has 0 saturated heterocycles. The highest BCUT2D eigenvalue weighted by Crippen LogP contribution is 2.37. The van der Waals surface area contributed by atoms with Gasteiger partial charge in [-0.1, -0.05) is 6.07 Å². The van der Waals surface area contributed by atoms with Crippen LogP contribution in [-0.4, -0.2) is 22.6 Å². The maximum atomic E-state index is 9.46. The van der Waals surface area contributed by atoms with Gasteiger partial charge in [-0.3, -0.25) is 0 Å². The van der Waals surface area contributed by atoms with E-state index in [1.54, 1.807) is 0 Å². The van der Waals surface area contributed by atoms with E-state index in [0.29, 0.717) is 13.2 Å². The third-order valence-electron chi connectivity index (χ3n) is 4.22. The molecular formula is C19H17N3O2. The van der Waals surface area contributed by atoms with Crippen molar-refractivity contribution in [3.63, 3.8) is 0 Å². The van der Waals surface area contributed by atoms with Crippen molar-refractivity contribution >= 4 is 5.65 Å². The van der Waals surface area contributed by atoms with Crippen LogP contribution in [-0.2, 0) is 0 Å². The van der Waals surface area contributed by atoms with Crippen LogP contribution in [0.5, 0.6) is 11.5 Å². The van der Waals surface area contributed by atoms with E-state index in [4.69, 9.17) is 14.5 Å². The number of hydrogen-bond acceptors (Lipinski definition) is 4. The second kappa shape index (κ2) is 5.57. The molecule has 5 nitrogen and oxygen atoms in total. The van der Waals surface area contributed by atoms with E-state index in [0.717, 1.165) is 39.7 Å². The molecule has 3 heterocycles. The number of nitriles is 1. The number of benzene rings is 1. The molecule has 0 fully saturated rings. The lowest BCUT2D eigenvalue weighted by molar-refractivity contribution is 0.171. The van der Waals surface area contributed by atoms with Crippen LogP contribution in [0.25, 0.3) is 16.9 Å². The number of hydrogen-bond donors (Lipinski definition) is 0. The van der Waals surface area contributed by atoms with Crippen molar-refractivity contribution in [1.29, 1.82) is 5.26 Å². The lowest BCUT2D eigenvalue weighted by Gasteiger charge is -2.18.